The van der Waals surface area contributed by atoms with Gasteiger partial charge in [-0.3, -0.25) is 20.4 Å². The molecule has 2 aromatic carbocycles. The number of aromatic nitrogens is 2. The number of fused-ring (bicyclic) bond motifs is 1. The summed E-state index contributed by atoms with van der Waals surface area (Å²) in [4.78, 5) is 29.6. The summed E-state index contributed by atoms with van der Waals surface area (Å²) in [6.45, 7) is 4.74. The third-order valence-corrected chi connectivity index (χ3v) is 4.76. The zero-order valence-electron chi connectivity index (χ0n) is 17.5. The van der Waals surface area contributed by atoms with E-state index in [0.29, 0.717) is 11.3 Å². The van der Waals surface area contributed by atoms with Gasteiger partial charge >= 0.3 is 0 Å². The second-order valence-corrected chi connectivity index (χ2v) is 6.40. The van der Waals surface area contributed by atoms with Crippen molar-refractivity contribution >= 4 is 22.8 Å². The van der Waals surface area contributed by atoms with Crippen LogP contribution in [0.3, 0.4) is 0 Å². The average Bonchev–Trinajstić information content (AvgIpc) is 3.09. The standard InChI is InChI=1S/C21H24N4O5/c1-6-25-12(2)22-15-11-13(7-9-16(15)25)20(26)23-24-21(27)14-8-10-17(28-3)19(30-5)18(14)29-4/h7-11H,6H2,1-5H3,(H,23,26)(H,24,27). The Morgan fingerprint density at radius 3 is 2.30 bits per heavy atom. The number of benzene rings is 2. The molecular formula is C21H24N4O5. The molecule has 3 aromatic rings. The summed E-state index contributed by atoms with van der Waals surface area (Å²) in [5.41, 5.74) is 7.04. The summed E-state index contributed by atoms with van der Waals surface area (Å²) in [5.74, 6) is 0.752. The summed E-state index contributed by atoms with van der Waals surface area (Å²) in [5, 5.41) is 0. The fraction of sp³-hybridized carbons (Fsp3) is 0.286. The second kappa shape index (κ2) is 8.73. The molecule has 0 aliphatic rings. The molecule has 0 bridgehead atoms. The van der Waals surface area contributed by atoms with Crippen molar-refractivity contribution < 1.29 is 23.8 Å². The van der Waals surface area contributed by atoms with E-state index >= 15 is 0 Å². The van der Waals surface area contributed by atoms with Gasteiger partial charge in [-0.05, 0) is 44.2 Å². The molecule has 3 rings (SSSR count). The Bertz CT molecular complexity index is 1110. The van der Waals surface area contributed by atoms with Crippen molar-refractivity contribution in [3.63, 3.8) is 0 Å². The average molecular weight is 412 g/mol. The number of imidazole rings is 1. The van der Waals surface area contributed by atoms with Crippen molar-refractivity contribution in [2.45, 2.75) is 20.4 Å². The van der Waals surface area contributed by atoms with Crippen molar-refractivity contribution in [2.24, 2.45) is 0 Å². The number of carbonyl (C=O) groups is 2. The number of ether oxygens (including phenoxy) is 3. The first-order valence-corrected chi connectivity index (χ1v) is 9.31. The molecule has 2 N–H and O–H groups in total. The highest BCUT2D eigenvalue weighted by atomic mass is 16.5. The van der Waals surface area contributed by atoms with Crippen molar-refractivity contribution in [2.75, 3.05) is 21.3 Å². The van der Waals surface area contributed by atoms with Gasteiger partial charge in [0, 0.05) is 12.1 Å². The molecular weight excluding hydrogens is 388 g/mol. The molecule has 0 atom stereocenters. The van der Waals surface area contributed by atoms with Gasteiger partial charge in [0.2, 0.25) is 5.75 Å². The van der Waals surface area contributed by atoms with Gasteiger partial charge in [-0.2, -0.15) is 0 Å². The van der Waals surface area contributed by atoms with E-state index in [4.69, 9.17) is 14.2 Å². The maximum Gasteiger partial charge on any atom is 0.273 e. The number of nitrogens with zero attached hydrogens (tertiary/aromatic N) is 2. The Morgan fingerprint density at radius 2 is 1.67 bits per heavy atom. The highest BCUT2D eigenvalue weighted by Gasteiger charge is 2.21. The van der Waals surface area contributed by atoms with Crippen LogP contribution in [0.15, 0.2) is 30.3 Å². The predicted octanol–water partition coefficient (Wildman–Crippen LogP) is 2.47. The van der Waals surface area contributed by atoms with Crippen molar-refractivity contribution in [1.82, 2.24) is 20.4 Å². The Hall–Kier alpha value is -3.75. The number of amides is 2. The fourth-order valence-electron chi connectivity index (χ4n) is 3.32. The van der Waals surface area contributed by atoms with E-state index in [1.165, 1.54) is 27.4 Å². The molecule has 0 radical (unpaired) electrons. The van der Waals surface area contributed by atoms with E-state index in [2.05, 4.69) is 20.4 Å². The summed E-state index contributed by atoms with van der Waals surface area (Å²) < 4.78 is 17.9. The first-order chi connectivity index (χ1) is 14.4. The lowest BCUT2D eigenvalue weighted by atomic mass is 10.1. The Kier molecular flexibility index (Phi) is 6.10. The molecule has 0 spiro atoms. The van der Waals surface area contributed by atoms with Gasteiger partial charge in [-0.15, -0.1) is 0 Å². The Morgan fingerprint density at radius 1 is 0.967 bits per heavy atom. The molecule has 1 aromatic heterocycles. The Labute approximate surface area is 173 Å². The van der Waals surface area contributed by atoms with Gasteiger partial charge in [-0.25, -0.2) is 4.98 Å². The van der Waals surface area contributed by atoms with Gasteiger partial charge in [0.15, 0.2) is 11.5 Å². The van der Waals surface area contributed by atoms with Crippen molar-refractivity contribution in [3.8, 4) is 17.2 Å². The van der Waals surface area contributed by atoms with E-state index < -0.39 is 11.8 Å². The highest BCUT2D eigenvalue weighted by Crippen LogP contribution is 2.39. The number of methoxy groups -OCH3 is 3. The van der Waals surface area contributed by atoms with Crippen LogP contribution in [-0.2, 0) is 6.54 Å². The first kappa shape index (κ1) is 21.0. The summed E-state index contributed by atoms with van der Waals surface area (Å²) in [6, 6.07) is 8.32. The van der Waals surface area contributed by atoms with Crippen molar-refractivity contribution in [1.29, 1.82) is 0 Å². The second-order valence-electron chi connectivity index (χ2n) is 6.40. The molecule has 30 heavy (non-hydrogen) atoms. The molecule has 0 fully saturated rings. The van der Waals surface area contributed by atoms with E-state index in [9.17, 15) is 9.59 Å². The van der Waals surface area contributed by atoms with Crippen LogP contribution in [0.4, 0.5) is 0 Å². The zero-order valence-corrected chi connectivity index (χ0v) is 17.5. The molecule has 0 aliphatic heterocycles. The summed E-state index contributed by atoms with van der Waals surface area (Å²) in [6.07, 6.45) is 0. The number of nitrogens with one attached hydrogen (secondary N) is 2. The quantitative estimate of drug-likeness (QED) is 0.603. The van der Waals surface area contributed by atoms with Gasteiger partial charge in [0.05, 0.1) is 37.9 Å². The molecule has 158 valence electrons. The largest absolute Gasteiger partial charge is 0.493 e. The van der Waals surface area contributed by atoms with Crippen LogP contribution in [-0.4, -0.2) is 42.7 Å². The Balaban J connectivity index is 1.78. The first-order valence-electron chi connectivity index (χ1n) is 9.31. The number of hydrogen-bond donors (Lipinski definition) is 2. The van der Waals surface area contributed by atoms with Crippen LogP contribution >= 0.6 is 0 Å². The number of aryl methyl sites for hydroxylation is 2. The van der Waals surface area contributed by atoms with Gasteiger partial charge in [0.1, 0.15) is 5.82 Å². The van der Waals surface area contributed by atoms with Crippen LogP contribution in [0.1, 0.15) is 33.5 Å². The number of carbonyl (C=O) groups excluding carboxylic acids is 2. The minimum absolute atomic E-state index is 0.184. The fourth-order valence-corrected chi connectivity index (χ4v) is 3.32. The summed E-state index contributed by atoms with van der Waals surface area (Å²) >= 11 is 0. The zero-order chi connectivity index (χ0) is 21.8. The van der Waals surface area contributed by atoms with Crippen LogP contribution in [0.5, 0.6) is 17.2 Å². The normalized spacial score (nSPS) is 10.6. The summed E-state index contributed by atoms with van der Waals surface area (Å²) in [7, 11) is 4.35. The number of hydrazine groups is 1. The molecule has 9 heteroatoms. The molecule has 0 saturated heterocycles. The third-order valence-electron chi connectivity index (χ3n) is 4.76. The SMILES string of the molecule is CCn1c(C)nc2cc(C(=O)NNC(=O)c3ccc(OC)c(OC)c3OC)ccc21. The van der Waals surface area contributed by atoms with E-state index in [-0.39, 0.29) is 17.1 Å². The van der Waals surface area contributed by atoms with Gasteiger partial charge < -0.3 is 18.8 Å². The predicted molar refractivity (Wildman–Crippen MR) is 111 cm³/mol. The molecule has 2 amide bonds. The maximum absolute atomic E-state index is 12.6. The van der Waals surface area contributed by atoms with Crippen LogP contribution < -0.4 is 25.1 Å². The topological polar surface area (TPSA) is 104 Å². The van der Waals surface area contributed by atoms with E-state index in [0.717, 1.165) is 23.4 Å². The lowest BCUT2D eigenvalue weighted by Gasteiger charge is -2.15. The monoisotopic (exact) mass is 412 g/mol. The highest BCUT2D eigenvalue weighted by molar-refractivity contribution is 6.02. The molecule has 0 unspecified atom stereocenters. The lowest BCUT2D eigenvalue weighted by molar-refractivity contribution is 0.0844. The van der Waals surface area contributed by atoms with Crippen molar-refractivity contribution in [3.05, 3.63) is 47.3 Å². The smallest absolute Gasteiger partial charge is 0.273 e. The number of rotatable bonds is 6. The molecule has 0 saturated carbocycles. The van der Waals surface area contributed by atoms with Crippen LogP contribution in [0.2, 0.25) is 0 Å². The van der Waals surface area contributed by atoms with Crippen LogP contribution in [0, 0.1) is 6.92 Å². The lowest BCUT2D eigenvalue weighted by Crippen LogP contribution is -2.41. The maximum atomic E-state index is 12.6. The number of hydrogen-bond acceptors (Lipinski definition) is 6. The van der Waals surface area contributed by atoms with Gasteiger partial charge in [-0.1, -0.05) is 0 Å². The third kappa shape index (κ3) is 3.73. The molecule has 1 heterocycles. The van der Waals surface area contributed by atoms with Gasteiger partial charge in [0.25, 0.3) is 11.8 Å². The van der Waals surface area contributed by atoms with E-state index in [1.54, 1.807) is 18.2 Å². The van der Waals surface area contributed by atoms with E-state index in [1.807, 2.05) is 19.9 Å². The molecule has 9 nitrogen and oxygen atoms in total. The van der Waals surface area contributed by atoms with Crippen LogP contribution in [0.25, 0.3) is 11.0 Å². The molecule has 0 aliphatic carbocycles. The minimum atomic E-state index is -0.562. The minimum Gasteiger partial charge on any atom is -0.493 e.